The Labute approximate surface area is 113 Å². The Morgan fingerprint density at radius 1 is 1.40 bits per heavy atom. The van der Waals surface area contributed by atoms with Crippen molar-refractivity contribution in [2.75, 3.05) is 19.8 Å². The highest BCUT2D eigenvalue weighted by atomic mass is 32.2. The Balaban J connectivity index is 2.23. The van der Waals surface area contributed by atoms with Crippen molar-refractivity contribution in [1.82, 2.24) is 4.41 Å². The molecule has 0 radical (unpaired) electrons. The Bertz CT molecular complexity index is 435. The summed E-state index contributed by atoms with van der Waals surface area (Å²) in [6.07, 6.45) is 0.270. The summed E-state index contributed by atoms with van der Waals surface area (Å²) in [4.78, 5) is 11.2. The lowest BCUT2D eigenvalue weighted by molar-refractivity contribution is -0.128. The molecule has 11 heteroatoms. The van der Waals surface area contributed by atoms with E-state index in [1.165, 1.54) is 0 Å². The minimum atomic E-state index is -5.81. The van der Waals surface area contributed by atoms with Crippen LogP contribution in [0.25, 0.3) is 0 Å². The van der Waals surface area contributed by atoms with E-state index in [9.17, 15) is 26.4 Å². The zero-order valence-corrected chi connectivity index (χ0v) is 11.2. The van der Waals surface area contributed by atoms with Crippen molar-refractivity contribution in [3.05, 3.63) is 0 Å². The van der Waals surface area contributed by atoms with Crippen LogP contribution in [0.2, 0.25) is 0 Å². The first-order valence-corrected chi connectivity index (χ1v) is 7.18. The van der Waals surface area contributed by atoms with Gasteiger partial charge in [-0.15, -0.1) is 0 Å². The molecule has 0 aromatic heterocycles. The van der Waals surface area contributed by atoms with Crippen LogP contribution in [0.1, 0.15) is 19.3 Å². The zero-order chi connectivity index (χ0) is 15.4. The minimum absolute atomic E-state index is 0.105. The van der Waals surface area contributed by atoms with Gasteiger partial charge in [0, 0.05) is 13.0 Å². The summed E-state index contributed by atoms with van der Waals surface area (Å²) < 4.78 is 67.3. The number of epoxide rings is 1. The first-order chi connectivity index (χ1) is 9.16. The molecule has 1 rings (SSSR count). The number of rotatable bonds is 8. The van der Waals surface area contributed by atoms with Crippen LogP contribution in [0, 0.1) is 0 Å². The summed E-state index contributed by atoms with van der Waals surface area (Å²) in [7, 11) is -5.81. The second-order valence-corrected chi connectivity index (χ2v) is 5.93. The van der Waals surface area contributed by atoms with Crippen molar-refractivity contribution < 1.29 is 35.9 Å². The predicted octanol–water partition coefficient (Wildman–Crippen LogP) is 0.124. The van der Waals surface area contributed by atoms with Gasteiger partial charge in [0.1, 0.15) is 6.10 Å². The number of nitrogens with two attached hydrogens (primary N) is 1. The van der Waals surface area contributed by atoms with Gasteiger partial charge < -0.3 is 9.47 Å². The minimum Gasteiger partial charge on any atom is -0.379 e. The SMILES string of the molecule is NN(C(=O)CCCCOCC1CO1)S(=O)(=O)C(F)(F)F. The van der Waals surface area contributed by atoms with Gasteiger partial charge in [-0.1, -0.05) is 0 Å². The molecule has 0 aliphatic carbocycles. The molecule has 118 valence electrons. The molecule has 0 spiro atoms. The molecule has 1 amide bonds. The number of amides is 1. The number of alkyl halides is 3. The van der Waals surface area contributed by atoms with Gasteiger partial charge in [0.15, 0.2) is 0 Å². The molecule has 1 atom stereocenters. The van der Waals surface area contributed by atoms with Crippen LogP contribution in [-0.4, -0.2) is 50.2 Å². The van der Waals surface area contributed by atoms with E-state index in [1.807, 2.05) is 0 Å². The van der Waals surface area contributed by atoms with Crippen molar-refractivity contribution in [3.63, 3.8) is 0 Å². The molecule has 0 aromatic rings. The maximum Gasteiger partial charge on any atom is 0.518 e. The van der Waals surface area contributed by atoms with Crippen LogP contribution in [0.4, 0.5) is 13.2 Å². The summed E-state index contributed by atoms with van der Waals surface area (Å²) in [5, 5.41) is 0. The lowest BCUT2D eigenvalue weighted by atomic mass is 10.2. The number of hydrogen-bond donors (Lipinski definition) is 1. The summed E-state index contributed by atoms with van der Waals surface area (Å²) in [5.41, 5.74) is -5.59. The van der Waals surface area contributed by atoms with Crippen LogP contribution in [-0.2, 0) is 24.3 Å². The number of sulfonamides is 1. The van der Waals surface area contributed by atoms with E-state index in [-0.39, 0.29) is 12.5 Å². The monoisotopic (exact) mass is 320 g/mol. The summed E-state index contributed by atoms with van der Waals surface area (Å²) in [6.45, 7) is 1.39. The van der Waals surface area contributed by atoms with E-state index in [0.29, 0.717) is 26.2 Å². The molecule has 0 bridgehead atoms. The molecule has 1 aliphatic heterocycles. The van der Waals surface area contributed by atoms with E-state index in [0.717, 1.165) is 0 Å². The number of carbonyl (C=O) groups excluding carboxylic acids is 1. The molecule has 0 saturated carbocycles. The molecule has 20 heavy (non-hydrogen) atoms. The van der Waals surface area contributed by atoms with Gasteiger partial charge in [0.25, 0.3) is 5.91 Å². The van der Waals surface area contributed by atoms with E-state index in [2.05, 4.69) is 0 Å². The van der Waals surface area contributed by atoms with E-state index in [1.54, 1.807) is 0 Å². The predicted molar refractivity (Wildman–Crippen MR) is 60.4 cm³/mol. The summed E-state index contributed by atoms with van der Waals surface area (Å²) >= 11 is 0. The smallest absolute Gasteiger partial charge is 0.379 e. The highest BCUT2D eigenvalue weighted by Crippen LogP contribution is 2.25. The van der Waals surface area contributed by atoms with Crippen molar-refractivity contribution in [3.8, 4) is 0 Å². The van der Waals surface area contributed by atoms with Gasteiger partial charge in [-0.25, -0.2) is 5.84 Å². The summed E-state index contributed by atoms with van der Waals surface area (Å²) in [6, 6.07) is 0. The van der Waals surface area contributed by atoms with Crippen molar-refractivity contribution in [2.24, 2.45) is 5.84 Å². The van der Waals surface area contributed by atoms with Crippen molar-refractivity contribution in [1.29, 1.82) is 0 Å². The third-order valence-electron chi connectivity index (χ3n) is 2.43. The molecule has 1 unspecified atom stereocenters. The number of hydrazine groups is 1. The lowest BCUT2D eigenvalue weighted by Crippen LogP contribution is -2.48. The fraction of sp³-hybridized carbons (Fsp3) is 0.889. The molecule has 1 heterocycles. The topological polar surface area (TPSA) is 102 Å². The fourth-order valence-electron chi connectivity index (χ4n) is 1.22. The maximum atomic E-state index is 12.1. The van der Waals surface area contributed by atoms with Crippen LogP contribution in [0.3, 0.4) is 0 Å². The molecule has 1 aliphatic rings. The van der Waals surface area contributed by atoms with Gasteiger partial charge in [0.2, 0.25) is 0 Å². The zero-order valence-electron chi connectivity index (χ0n) is 10.4. The summed E-state index contributed by atoms with van der Waals surface area (Å²) in [5.74, 6) is 3.39. The normalized spacial score (nSPS) is 18.9. The average Bonchev–Trinajstić information content (AvgIpc) is 3.14. The Morgan fingerprint density at radius 2 is 2.00 bits per heavy atom. The van der Waals surface area contributed by atoms with Crippen LogP contribution >= 0.6 is 0 Å². The molecular formula is C9H15F3N2O5S. The van der Waals surface area contributed by atoms with Crippen LogP contribution < -0.4 is 5.84 Å². The van der Waals surface area contributed by atoms with Gasteiger partial charge in [0.05, 0.1) is 13.2 Å². The van der Waals surface area contributed by atoms with E-state index >= 15 is 0 Å². The van der Waals surface area contributed by atoms with E-state index in [4.69, 9.17) is 15.3 Å². The highest BCUT2D eigenvalue weighted by Gasteiger charge is 2.51. The highest BCUT2D eigenvalue weighted by molar-refractivity contribution is 7.90. The van der Waals surface area contributed by atoms with Gasteiger partial charge in [-0.2, -0.15) is 26.0 Å². The van der Waals surface area contributed by atoms with Crippen molar-refractivity contribution in [2.45, 2.75) is 30.9 Å². The Morgan fingerprint density at radius 3 is 2.50 bits per heavy atom. The van der Waals surface area contributed by atoms with Gasteiger partial charge in [-0.3, -0.25) is 4.79 Å². The van der Waals surface area contributed by atoms with Gasteiger partial charge in [-0.05, 0) is 12.8 Å². The Kier molecular flexibility index (Phi) is 5.74. The van der Waals surface area contributed by atoms with Crippen LogP contribution in [0.15, 0.2) is 0 Å². The number of hydrogen-bond acceptors (Lipinski definition) is 6. The fourth-order valence-corrected chi connectivity index (χ4v) is 1.80. The third-order valence-corrected chi connectivity index (χ3v) is 3.74. The lowest BCUT2D eigenvalue weighted by Gasteiger charge is -2.18. The van der Waals surface area contributed by atoms with E-state index < -0.39 is 32.3 Å². The standard InChI is InChI=1S/C9H15F3N2O5S/c10-9(11,12)20(16,17)14(13)8(15)3-1-2-4-18-5-7-6-19-7/h7H,1-6,13H2. The first-order valence-electron chi connectivity index (χ1n) is 5.74. The number of halogens is 3. The molecule has 1 saturated heterocycles. The quantitative estimate of drug-likeness (QED) is 0.224. The molecular weight excluding hydrogens is 305 g/mol. The second kappa shape index (κ2) is 6.70. The van der Waals surface area contributed by atoms with Gasteiger partial charge >= 0.3 is 15.5 Å². The maximum absolute atomic E-state index is 12.1. The van der Waals surface area contributed by atoms with Crippen molar-refractivity contribution >= 4 is 15.9 Å². The largest absolute Gasteiger partial charge is 0.518 e. The molecule has 7 nitrogen and oxygen atoms in total. The molecule has 1 fully saturated rings. The number of ether oxygens (including phenoxy) is 2. The molecule has 0 aromatic carbocycles. The first kappa shape index (κ1) is 17.1. The van der Waals surface area contributed by atoms with Crippen LogP contribution in [0.5, 0.6) is 0 Å². The third kappa shape index (κ3) is 4.89. The number of carbonyl (C=O) groups is 1. The Hall–Kier alpha value is -0.910. The number of unbranched alkanes of at least 4 members (excludes halogenated alkanes) is 1. The second-order valence-electron chi connectivity index (χ2n) is 4.13. The average molecular weight is 320 g/mol. The molecule has 2 N–H and O–H groups in total. The number of nitrogens with zero attached hydrogens (tertiary/aromatic N) is 1.